The van der Waals surface area contributed by atoms with Crippen molar-refractivity contribution in [3.63, 3.8) is 0 Å². The van der Waals surface area contributed by atoms with Gasteiger partial charge in [0, 0.05) is 0 Å². The van der Waals surface area contributed by atoms with E-state index < -0.39 is 17.9 Å². The standard InChI is InChI=1S/C4H5NO3.CH2O2/c6-2-1-3(7)5-4(2)8;2-1-3/h2,6H,1H2,(H,5,7,8);1H,(H,2,3). The number of rotatable bonds is 0. The first-order chi connectivity index (χ1) is 5.11. The number of carbonyl (C=O) groups excluding carboxylic acids is 2. The summed E-state index contributed by atoms with van der Waals surface area (Å²) in [6.07, 6.45) is -1.19. The molecule has 1 aliphatic heterocycles. The van der Waals surface area contributed by atoms with Crippen LogP contribution in [0.5, 0.6) is 0 Å². The van der Waals surface area contributed by atoms with Crippen molar-refractivity contribution in [3.8, 4) is 0 Å². The van der Waals surface area contributed by atoms with Crippen molar-refractivity contribution in [3.05, 3.63) is 0 Å². The van der Waals surface area contributed by atoms with Crippen molar-refractivity contribution in [1.82, 2.24) is 5.32 Å². The van der Waals surface area contributed by atoms with Crippen molar-refractivity contribution in [1.29, 1.82) is 0 Å². The van der Waals surface area contributed by atoms with Crippen molar-refractivity contribution in [2.24, 2.45) is 0 Å². The Morgan fingerprint density at radius 3 is 2.09 bits per heavy atom. The Bertz CT molecular complexity index is 178. The summed E-state index contributed by atoms with van der Waals surface area (Å²) in [5, 5.41) is 17.4. The van der Waals surface area contributed by atoms with Gasteiger partial charge in [0.2, 0.25) is 5.91 Å². The summed E-state index contributed by atoms with van der Waals surface area (Å²) in [5.41, 5.74) is 0. The van der Waals surface area contributed by atoms with E-state index in [1.165, 1.54) is 0 Å². The third kappa shape index (κ3) is 3.31. The zero-order valence-electron chi connectivity index (χ0n) is 5.48. The third-order valence-electron chi connectivity index (χ3n) is 0.944. The molecule has 11 heavy (non-hydrogen) atoms. The molecule has 0 radical (unpaired) electrons. The van der Waals surface area contributed by atoms with Crippen molar-refractivity contribution >= 4 is 18.3 Å². The van der Waals surface area contributed by atoms with Gasteiger partial charge >= 0.3 is 0 Å². The molecule has 1 rings (SSSR count). The molecule has 1 heterocycles. The van der Waals surface area contributed by atoms with Gasteiger partial charge in [-0.25, -0.2) is 0 Å². The molecule has 0 saturated carbocycles. The summed E-state index contributed by atoms with van der Waals surface area (Å²) < 4.78 is 0. The van der Waals surface area contributed by atoms with Gasteiger partial charge in [0.05, 0.1) is 6.42 Å². The normalized spacial score (nSPS) is 21.7. The average molecular weight is 161 g/mol. The number of carboxylic acid groups (broad SMARTS) is 1. The van der Waals surface area contributed by atoms with E-state index >= 15 is 0 Å². The van der Waals surface area contributed by atoms with Crippen LogP contribution in [0.2, 0.25) is 0 Å². The van der Waals surface area contributed by atoms with Crippen LogP contribution < -0.4 is 5.32 Å². The maximum Gasteiger partial charge on any atom is 0.290 e. The van der Waals surface area contributed by atoms with Gasteiger partial charge in [-0.2, -0.15) is 0 Å². The lowest BCUT2D eigenvalue weighted by Crippen LogP contribution is -2.24. The molecule has 0 bridgehead atoms. The van der Waals surface area contributed by atoms with Gasteiger partial charge in [-0.3, -0.25) is 19.7 Å². The number of amides is 2. The molecule has 6 heteroatoms. The van der Waals surface area contributed by atoms with Gasteiger partial charge in [-0.05, 0) is 0 Å². The van der Waals surface area contributed by atoms with E-state index in [9.17, 15) is 9.59 Å². The van der Waals surface area contributed by atoms with Gasteiger partial charge in [0.1, 0.15) is 6.10 Å². The van der Waals surface area contributed by atoms with Crippen molar-refractivity contribution < 1.29 is 24.6 Å². The SMILES string of the molecule is O=C1CC(O)C(=O)N1.O=CO. The van der Waals surface area contributed by atoms with E-state index in [4.69, 9.17) is 15.0 Å². The molecule has 0 aromatic carbocycles. The molecule has 6 nitrogen and oxygen atoms in total. The van der Waals surface area contributed by atoms with Gasteiger partial charge in [-0.1, -0.05) is 0 Å². The smallest absolute Gasteiger partial charge is 0.290 e. The van der Waals surface area contributed by atoms with Gasteiger partial charge in [0.25, 0.3) is 12.4 Å². The average Bonchev–Trinajstić information content (AvgIpc) is 2.12. The van der Waals surface area contributed by atoms with Crippen LogP contribution in [0.15, 0.2) is 0 Å². The third-order valence-corrected chi connectivity index (χ3v) is 0.944. The molecule has 0 aromatic rings. The molecule has 1 atom stereocenters. The van der Waals surface area contributed by atoms with Crippen LogP contribution in [0, 0.1) is 0 Å². The second-order valence-electron chi connectivity index (χ2n) is 1.74. The van der Waals surface area contributed by atoms with E-state index in [0.717, 1.165) is 0 Å². The monoisotopic (exact) mass is 161 g/mol. The Balaban J connectivity index is 0.000000292. The van der Waals surface area contributed by atoms with Crippen molar-refractivity contribution in [2.45, 2.75) is 12.5 Å². The number of aliphatic hydroxyl groups is 1. The second-order valence-corrected chi connectivity index (χ2v) is 1.74. The first kappa shape index (κ1) is 9.57. The minimum Gasteiger partial charge on any atom is -0.483 e. The number of nitrogens with one attached hydrogen (secondary N) is 1. The lowest BCUT2D eigenvalue weighted by molar-refractivity contribution is -0.127. The fourth-order valence-electron chi connectivity index (χ4n) is 0.540. The number of imide groups is 1. The molecule has 0 aliphatic carbocycles. The van der Waals surface area contributed by atoms with Crippen LogP contribution in [0.3, 0.4) is 0 Å². The number of carbonyl (C=O) groups is 3. The van der Waals surface area contributed by atoms with E-state index in [0.29, 0.717) is 0 Å². The predicted octanol–water partition coefficient (Wildman–Crippen LogP) is -1.91. The summed E-state index contributed by atoms with van der Waals surface area (Å²) in [4.78, 5) is 28.7. The highest BCUT2D eigenvalue weighted by Gasteiger charge is 2.27. The summed E-state index contributed by atoms with van der Waals surface area (Å²) in [6, 6.07) is 0. The maximum atomic E-state index is 10.2. The maximum absolute atomic E-state index is 10.2. The fourth-order valence-corrected chi connectivity index (χ4v) is 0.540. The number of hydrogen-bond donors (Lipinski definition) is 3. The fraction of sp³-hybridized carbons (Fsp3) is 0.400. The Hall–Kier alpha value is -1.43. The summed E-state index contributed by atoms with van der Waals surface area (Å²) in [5.74, 6) is -0.988. The molecule has 1 fully saturated rings. The summed E-state index contributed by atoms with van der Waals surface area (Å²) in [7, 11) is 0. The van der Waals surface area contributed by atoms with E-state index in [1.807, 2.05) is 5.32 Å². The lowest BCUT2D eigenvalue weighted by Gasteiger charge is -1.88. The first-order valence-electron chi connectivity index (χ1n) is 2.71. The lowest BCUT2D eigenvalue weighted by atomic mass is 10.3. The van der Waals surface area contributed by atoms with E-state index in [2.05, 4.69) is 0 Å². The number of aliphatic hydroxyl groups excluding tert-OH is 1. The largest absolute Gasteiger partial charge is 0.483 e. The summed E-state index contributed by atoms with van der Waals surface area (Å²) >= 11 is 0. The van der Waals surface area contributed by atoms with Crippen LogP contribution >= 0.6 is 0 Å². The first-order valence-corrected chi connectivity index (χ1v) is 2.71. The highest BCUT2D eigenvalue weighted by atomic mass is 16.3. The van der Waals surface area contributed by atoms with Crippen LogP contribution in [-0.4, -0.2) is 34.6 Å². The summed E-state index contributed by atoms with van der Waals surface area (Å²) in [6.45, 7) is -0.250. The van der Waals surface area contributed by atoms with Gasteiger partial charge in [-0.15, -0.1) is 0 Å². The Kier molecular flexibility index (Phi) is 3.82. The molecule has 3 N–H and O–H groups in total. The molecule has 1 saturated heterocycles. The zero-order chi connectivity index (χ0) is 8.85. The molecular weight excluding hydrogens is 154 g/mol. The topological polar surface area (TPSA) is 104 Å². The molecule has 1 aliphatic rings. The quantitative estimate of drug-likeness (QED) is 0.284. The number of hydrogen-bond acceptors (Lipinski definition) is 4. The predicted molar refractivity (Wildman–Crippen MR) is 32.5 cm³/mol. The van der Waals surface area contributed by atoms with Crippen molar-refractivity contribution in [2.75, 3.05) is 0 Å². The van der Waals surface area contributed by atoms with Gasteiger partial charge in [0.15, 0.2) is 0 Å². The van der Waals surface area contributed by atoms with E-state index in [1.54, 1.807) is 0 Å². The molecule has 0 spiro atoms. The van der Waals surface area contributed by atoms with Crippen LogP contribution in [0.1, 0.15) is 6.42 Å². The van der Waals surface area contributed by atoms with Crippen LogP contribution in [0.4, 0.5) is 0 Å². The Labute approximate surface area is 61.8 Å². The molecule has 0 aromatic heterocycles. The molecule has 2 amide bonds. The zero-order valence-corrected chi connectivity index (χ0v) is 5.48. The molecular formula is C5H7NO5. The van der Waals surface area contributed by atoms with Gasteiger partial charge < -0.3 is 10.2 Å². The molecule has 62 valence electrons. The minimum absolute atomic E-state index is 0.0845. The highest BCUT2D eigenvalue weighted by molar-refractivity contribution is 6.04. The highest BCUT2D eigenvalue weighted by Crippen LogP contribution is 1.98. The second kappa shape index (κ2) is 4.40. The van der Waals surface area contributed by atoms with Crippen LogP contribution in [-0.2, 0) is 14.4 Å². The Morgan fingerprint density at radius 2 is 2.00 bits per heavy atom. The Morgan fingerprint density at radius 1 is 1.55 bits per heavy atom. The molecule has 1 unspecified atom stereocenters. The minimum atomic E-state index is -1.11. The van der Waals surface area contributed by atoms with E-state index in [-0.39, 0.29) is 12.9 Å². The van der Waals surface area contributed by atoms with Crippen LogP contribution in [0.25, 0.3) is 0 Å².